The highest BCUT2D eigenvalue weighted by atomic mass is 16.1. The van der Waals surface area contributed by atoms with Gasteiger partial charge in [-0.2, -0.15) is 0 Å². The van der Waals surface area contributed by atoms with E-state index in [0.717, 1.165) is 30.0 Å². The minimum Gasteiger partial charge on any atom is -0.362 e. The van der Waals surface area contributed by atoms with E-state index in [4.69, 9.17) is 0 Å². The molecule has 2 heterocycles. The third-order valence-electron chi connectivity index (χ3n) is 3.80. The second-order valence-electron chi connectivity index (χ2n) is 6.39. The fourth-order valence-electron chi connectivity index (χ4n) is 2.98. The highest BCUT2D eigenvalue weighted by Gasteiger charge is 2.27. The lowest BCUT2D eigenvalue weighted by Crippen LogP contribution is -2.42. The van der Waals surface area contributed by atoms with Gasteiger partial charge >= 0.3 is 0 Å². The molecular formula is C15H24N2O. The highest BCUT2D eigenvalue weighted by molar-refractivity contribution is 5.98. The van der Waals surface area contributed by atoms with Gasteiger partial charge in [0, 0.05) is 23.5 Å². The molecule has 1 aliphatic rings. The number of likely N-dealkylation sites (tertiary alicyclic amines) is 1. The molecule has 1 aliphatic heterocycles. The number of nitrogens with one attached hydrogen (secondary N) is 1. The second kappa shape index (κ2) is 4.88. The summed E-state index contributed by atoms with van der Waals surface area (Å²) in [5, 5.41) is 0. The fourth-order valence-corrected chi connectivity index (χ4v) is 2.98. The Bertz CT molecular complexity index is 445. The van der Waals surface area contributed by atoms with Gasteiger partial charge in [0.1, 0.15) is 0 Å². The van der Waals surface area contributed by atoms with Crippen molar-refractivity contribution in [2.75, 3.05) is 19.6 Å². The first kappa shape index (κ1) is 13.3. The summed E-state index contributed by atoms with van der Waals surface area (Å²) >= 11 is 0. The summed E-state index contributed by atoms with van der Waals surface area (Å²) in [5.41, 5.74) is 3.27. The van der Waals surface area contributed by atoms with Crippen LogP contribution in [0.25, 0.3) is 0 Å². The number of aromatic nitrogens is 1. The number of carbonyl (C=O) groups excluding carboxylic acids is 1. The van der Waals surface area contributed by atoms with E-state index in [9.17, 15) is 4.79 Å². The first-order valence-corrected chi connectivity index (χ1v) is 6.79. The Morgan fingerprint density at radius 2 is 2.17 bits per heavy atom. The number of hydrogen-bond donors (Lipinski definition) is 1. The topological polar surface area (TPSA) is 36.1 Å². The van der Waals surface area contributed by atoms with Crippen molar-refractivity contribution in [2.45, 2.75) is 40.5 Å². The number of hydrogen-bond acceptors (Lipinski definition) is 2. The first-order valence-electron chi connectivity index (χ1n) is 6.79. The summed E-state index contributed by atoms with van der Waals surface area (Å²) in [7, 11) is 0. The Hall–Kier alpha value is -1.09. The Morgan fingerprint density at radius 3 is 2.72 bits per heavy atom. The molecule has 3 nitrogen and oxygen atoms in total. The van der Waals surface area contributed by atoms with Crippen LogP contribution in [-0.4, -0.2) is 35.3 Å². The van der Waals surface area contributed by atoms with E-state index in [1.54, 1.807) is 0 Å². The van der Waals surface area contributed by atoms with E-state index in [0.29, 0.717) is 12.0 Å². The smallest absolute Gasteiger partial charge is 0.178 e. The monoisotopic (exact) mass is 248 g/mol. The molecule has 0 amide bonds. The van der Waals surface area contributed by atoms with Gasteiger partial charge in [-0.05, 0) is 44.7 Å². The van der Waals surface area contributed by atoms with E-state index in [1.807, 2.05) is 19.9 Å². The van der Waals surface area contributed by atoms with E-state index in [1.165, 1.54) is 12.8 Å². The van der Waals surface area contributed by atoms with Crippen LogP contribution in [0.15, 0.2) is 6.07 Å². The SMILES string of the molecule is Cc1cc(C(=O)CN2CCCC(C)(C)C2)c(C)[nH]1. The van der Waals surface area contributed by atoms with Gasteiger partial charge in [0.2, 0.25) is 0 Å². The van der Waals surface area contributed by atoms with Gasteiger partial charge in [0.25, 0.3) is 0 Å². The van der Waals surface area contributed by atoms with Crippen LogP contribution in [0.3, 0.4) is 0 Å². The van der Waals surface area contributed by atoms with E-state index >= 15 is 0 Å². The predicted octanol–water partition coefficient (Wildman–Crippen LogP) is 2.94. The molecule has 3 heteroatoms. The second-order valence-corrected chi connectivity index (χ2v) is 6.39. The van der Waals surface area contributed by atoms with E-state index in [-0.39, 0.29) is 5.78 Å². The minimum absolute atomic E-state index is 0.245. The average Bonchev–Trinajstić information content (AvgIpc) is 2.56. The number of nitrogens with zero attached hydrogens (tertiary/aromatic N) is 1. The highest BCUT2D eigenvalue weighted by Crippen LogP contribution is 2.28. The number of piperidine rings is 1. The number of rotatable bonds is 3. The maximum Gasteiger partial charge on any atom is 0.178 e. The lowest BCUT2D eigenvalue weighted by atomic mass is 9.84. The van der Waals surface area contributed by atoms with Crippen molar-refractivity contribution >= 4 is 5.78 Å². The van der Waals surface area contributed by atoms with Crippen molar-refractivity contribution in [3.8, 4) is 0 Å². The van der Waals surface area contributed by atoms with Gasteiger partial charge in [0.05, 0.1) is 6.54 Å². The van der Waals surface area contributed by atoms with Gasteiger partial charge in [-0.3, -0.25) is 9.69 Å². The molecule has 1 N–H and O–H groups in total. The third-order valence-corrected chi connectivity index (χ3v) is 3.80. The molecule has 0 unspecified atom stereocenters. The number of aryl methyl sites for hydroxylation is 2. The number of carbonyl (C=O) groups is 1. The van der Waals surface area contributed by atoms with Crippen molar-refractivity contribution < 1.29 is 4.79 Å². The van der Waals surface area contributed by atoms with Crippen LogP contribution in [0.4, 0.5) is 0 Å². The van der Waals surface area contributed by atoms with Crippen LogP contribution in [0.1, 0.15) is 48.4 Å². The van der Waals surface area contributed by atoms with Gasteiger partial charge in [-0.15, -0.1) is 0 Å². The molecule has 18 heavy (non-hydrogen) atoms. The van der Waals surface area contributed by atoms with Crippen LogP contribution in [0, 0.1) is 19.3 Å². The van der Waals surface area contributed by atoms with Crippen molar-refractivity contribution in [2.24, 2.45) is 5.41 Å². The molecule has 0 radical (unpaired) electrons. The molecule has 0 aromatic carbocycles. The summed E-state index contributed by atoms with van der Waals surface area (Å²) in [4.78, 5) is 17.8. The lowest BCUT2D eigenvalue weighted by molar-refractivity contribution is 0.0809. The van der Waals surface area contributed by atoms with Crippen LogP contribution < -0.4 is 0 Å². The molecule has 1 aromatic heterocycles. The minimum atomic E-state index is 0.245. The zero-order chi connectivity index (χ0) is 13.3. The van der Waals surface area contributed by atoms with E-state index < -0.39 is 0 Å². The molecule has 1 saturated heterocycles. The molecule has 0 aliphatic carbocycles. The zero-order valence-electron chi connectivity index (χ0n) is 12.0. The van der Waals surface area contributed by atoms with Gasteiger partial charge in [0.15, 0.2) is 5.78 Å². The predicted molar refractivity (Wildman–Crippen MR) is 74.1 cm³/mol. The van der Waals surface area contributed by atoms with Crippen molar-refractivity contribution in [3.63, 3.8) is 0 Å². The van der Waals surface area contributed by atoms with Crippen molar-refractivity contribution in [3.05, 3.63) is 23.0 Å². The molecule has 0 spiro atoms. The molecular weight excluding hydrogens is 224 g/mol. The van der Waals surface area contributed by atoms with Crippen molar-refractivity contribution in [1.29, 1.82) is 0 Å². The van der Waals surface area contributed by atoms with Crippen LogP contribution >= 0.6 is 0 Å². The molecule has 2 rings (SSSR count). The normalized spacial score (nSPS) is 20.0. The molecule has 1 aromatic rings. The molecule has 100 valence electrons. The van der Waals surface area contributed by atoms with Crippen molar-refractivity contribution in [1.82, 2.24) is 9.88 Å². The molecule has 1 fully saturated rings. The zero-order valence-corrected chi connectivity index (χ0v) is 12.0. The van der Waals surface area contributed by atoms with E-state index in [2.05, 4.69) is 23.7 Å². The summed E-state index contributed by atoms with van der Waals surface area (Å²) in [5.74, 6) is 0.245. The summed E-state index contributed by atoms with van der Waals surface area (Å²) in [6.45, 7) is 11.2. The number of Topliss-reactive ketones (excluding diaryl/α,β-unsaturated/α-hetero) is 1. The maximum absolute atomic E-state index is 12.3. The fraction of sp³-hybridized carbons (Fsp3) is 0.667. The maximum atomic E-state index is 12.3. The molecule has 0 atom stereocenters. The van der Waals surface area contributed by atoms with Gasteiger partial charge in [-0.1, -0.05) is 13.8 Å². The van der Waals surface area contributed by atoms with Crippen LogP contribution in [0.2, 0.25) is 0 Å². The third kappa shape index (κ3) is 3.02. The average molecular weight is 248 g/mol. The number of aromatic amines is 1. The van der Waals surface area contributed by atoms with Gasteiger partial charge in [-0.25, -0.2) is 0 Å². The Morgan fingerprint density at radius 1 is 1.44 bits per heavy atom. The number of ketones is 1. The Balaban J connectivity index is 2.01. The van der Waals surface area contributed by atoms with Gasteiger partial charge < -0.3 is 4.98 Å². The summed E-state index contributed by atoms with van der Waals surface area (Å²) in [6, 6.07) is 1.97. The molecule has 0 saturated carbocycles. The van der Waals surface area contributed by atoms with Crippen LogP contribution in [-0.2, 0) is 0 Å². The number of H-pyrrole nitrogens is 1. The Labute approximate surface area is 110 Å². The largest absolute Gasteiger partial charge is 0.362 e. The summed E-state index contributed by atoms with van der Waals surface area (Å²) in [6.07, 6.45) is 2.46. The standard InChI is InChI=1S/C15H24N2O/c1-11-8-13(12(2)16-11)14(18)9-17-7-5-6-15(3,4)10-17/h8,16H,5-7,9-10H2,1-4H3. The van der Waals surface area contributed by atoms with Crippen LogP contribution in [0.5, 0.6) is 0 Å². The Kier molecular flexibility index (Phi) is 3.62. The summed E-state index contributed by atoms with van der Waals surface area (Å²) < 4.78 is 0. The molecule has 0 bridgehead atoms. The lowest BCUT2D eigenvalue weighted by Gasteiger charge is -2.37. The first-order chi connectivity index (χ1) is 8.37. The quantitative estimate of drug-likeness (QED) is 0.835.